The number of pyridine rings is 1. The Labute approximate surface area is 351 Å². The highest BCUT2D eigenvalue weighted by Crippen LogP contribution is 2.37. The molecule has 0 saturated carbocycles. The number of rotatable bonds is 11. The van der Waals surface area contributed by atoms with Crippen LogP contribution in [0.1, 0.15) is 83.9 Å². The molecule has 3 aromatic heterocycles. The fraction of sp³-hybridized carbons (Fsp3) is 0.366. The third-order valence-electron chi connectivity index (χ3n) is 7.52. The van der Waals surface area contributed by atoms with E-state index in [1.807, 2.05) is 0 Å². The number of nitrogens with zero attached hydrogens (tertiary/aromatic N) is 5. The van der Waals surface area contributed by atoms with Crippen molar-refractivity contribution in [1.82, 2.24) is 19.3 Å². The van der Waals surface area contributed by atoms with Crippen molar-refractivity contribution in [2.24, 2.45) is 0 Å². The van der Waals surface area contributed by atoms with Crippen LogP contribution in [0.25, 0.3) is 16.6 Å². The van der Waals surface area contributed by atoms with E-state index in [4.69, 9.17) is 23.7 Å². The quantitative estimate of drug-likeness (QED) is 0.0464. The first-order chi connectivity index (χ1) is 27.6. The lowest BCUT2D eigenvalue weighted by molar-refractivity contribution is 0.0425. The van der Waals surface area contributed by atoms with Gasteiger partial charge in [0.15, 0.2) is 23.2 Å². The number of carbonyl (C=O) groups excluding carboxylic acids is 4. The van der Waals surface area contributed by atoms with Crippen LogP contribution in [-0.2, 0) is 14.2 Å². The molecule has 19 heteroatoms. The maximum absolute atomic E-state index is 15.0. The average molecular weight is 907 g/mol. The van der Waals surface area contributed by atoms with Crippen molar-refractivity contribution >= 4 is 56.7 Å². The molecular weight excluding hydrogens is 862 g/mol. The number of amides is 2. The van der Waals surface area contributed by atoms with E-state index in [9.17, 15) is 31.9 Å². The van der Waals surface area contributed by atoms with E-state index in [-0.39, 0.29) is 43.9 Å². The van der Waals surface area contributed by atoms with Crippen LogP contribution in [0.4, 0.5) is 37.8 Å². The number of fused-ring (bicyclic) bond motifs is 1. The molecule has 322 valence electrons. The molecule has 60 heavy (non-hydrogen) atoms. The van der Waals surface area contributed by atoms with Gasteiger partial charge in [-0.15, -0.1) is 0 Å². The summed E-state index contributed by atoms with van der Waals surface area (Å²) in [5, 5.41) is 4.54. The van der Waals surface area contributed by atoms with Gasteiger partial charge in [0.25, 0.3) is 6.43 Å². The van der Waals surface area contributed by atoms with Gasteiger partial charge in [0.2, 0.25) is 11.7 Å². The molecule has 0 aliphatic rings. The number of aryl methyl sites for hydroxylation is 1. The predicted octanol–water partition coefficient (Wildman–Crippen LogP) is 10.9. The predicted molar refractivity (Wildman–Crippen MR) is 216 cm³/mol. The molecule has 0 saturated heterocycles. The van der Waals surface area contributed by atoms with Crippen molar-refractivity contribution < 1.29 is 60.4 Å². The third kappa shape index (κ3) is 11.2. The summed E-state index contributed by atoms with van der Waals surface area (Å²) >= 11 is 3.28. The first-order valence-electron chi connectivity index (χ1n) is 18.0. The Bertz CT molecular complexity index is 2370. The van der Waals surface area contributed by atoms with Gasteiger partial charge in [-0.2, -0.15) is 10.00 Å². The highest BCUT2D eigenvalue weighted by Gasteiger charge is 2.40. The molecule has 0 aliphatic heterocycles. The topological polar surface area (TPSA) is 153 Å². The fourth-order valence-electron chi connectivity index (χ4n) is 5.27. The number of imide groups is 1. The lowest BCUT2D eigenvalue weighted by Gasteiger charge is -2.29. The molecule has 4 rings (SSSR count). The summed E-state index contributed by atoms with van der Waals surface area (Å²) in [5.41, 5.74) is -3.98. The second kappa shape index (κ2) is 17.7. The minimum Gasteiger partial charge on any atom is -0.486 e. The molecule has 0 spiro atoms. The molecule has 3 heterocycles. The summed E-state index contributed by atoms with van der Waals surface area (Å²) in [5.74, 6) is -5.19. The van der Waals surface area contributed by atoms with Crippen LogP contribution in [0.2, 0.25) is 0 Å². The zero-order valence-electron chi connectivity index (χ0n) is 34.5. The van der Waals surface area contributed by atoms with Crippen molar-refractivity contribution in [3.63, 3.8) is 0 Å². The third-order valence-corrected chi connectivity index (χ3v) is 8.14. The number of halogens is 5. The largest absolute Gasteiger partial charge is 0.486 e. The summed E-state index contributed by atoms with van der Waals surface area (Å²) in [6.45, 7) is 20.9. The van der Waals surface area contributed by atoms with Gasteiger partial charge in [0.05, 0.1) is 33.6 Å². The highest BCUT2D eigenvalue weighted by atomic mass is 79.9. The molecule has 0 radical (unpaired) electrons. The number of hydrogen-bond donors (Lipinski definition) is 0. The number of ketones is 1. The highest BCUT2D eigenvalue weighted by molar-refractivity contribution is 9.10. The van der Waals surface area contributed by atoms with Crippen molar-refractivity contribution in [1.29, 1.82) is 0 Å². The van der Waals surface area contributed by atoms with Gasteiger partial charge < -0.3 is 23.7 Å². The Morgan fingerprint density at radius 1 is 0.900 bits per heavy atom. The lowest BCUT2D eigenvalue weighted by atomic mass is 10.1. The standard InChI is InChI=1S/C41H44BrF4N5O9/c1-13-26(44)34(22(3)43)57-32-14-21(2)29(19-47-32)51-35(50(37(54)59-40(7,8)9)38(55)60-41(10,11)12)24(18-48-51)33(52)28-15-23-16-30(56-20-31(45)46)25(42)17-27(23)49(28)36(53)58-39(4,5)6/h13-19,31H,1,3,20H2,2,4-12H3/b34-26-. The summed E-state index contributed by atoms with van der Waals surface area (Å²) in [4.78, 5) is 61.7. The van der Waals surface area contributed by atoms with Crippen molar-refractivity contribution in [2.45, 2.75) is 92.5 Å². The monoisotopic (exact) mass is 905 g/mol. The summed E-state index contributed by atoms with van der Waals surface area (Å²) in [7, 11) is 0. The molecule has 0 bridgehead atoms. The lowest BCUT2D eigenvalue weighted by Crippen LogP contribution is -2.45. The number of aromatic nitrogens is 4. The smallest absolute Gasteiger partial charge is 0.425 e. The SMILES string of the molecule is C=C/C(F)=C(/Oc1cc(C)c(-n2ncc(C(=O)c3cc4cc(OCC(F)F)c(Br)cc4n3C(=O)OC(C)(C)C)c2N(C(=O)OC(C)(C)C)C(=O)OC(C)(C)C)cn1)C(=C)F. The van der Waals surface area contributed by atoms with Gasteiger partial charge in [-0.25, -0.2) is 46.2 Å². The van der Waals surface area contributed by atoms with Crippen LogP contribution in [0.3, 0.4) is 0 Å². The fourth-order valence-corrected chi connectivity index (χ4v) is 5.72. The number of alkyl halides is 2. The Balaban J connectivity index is 2.08. The Morgan fingerprint density at radius 2 is 1.48 bits per heavy atom. The number of allylic oxidation sites excluding steroid dienone is 3. The number of anilines is 1. The second-order valence-electron chi connectivity index (χ2n) is 16.0. The van der Waals surface area contributed by atoms with E-state index in [1.165, 1.54) is 72.7 Å². The molecule has 0 aliphatic carbocycles. The van der Waals surface area contributed by atoms with Crippen LogP contribution < -0.4 is 14.4 Å². The molecule has 2 amide bonds. The maximum Gasteiger partial charge on any atom is 0.425 e. The first-order valence-corrected chi connectivity index (χ1v) is 18.8. The summed E-state index contributed by atoms with van der Waals surface area (Å²) < 4.78 is 84.2. The summed E-state index contributed by atoms with van der Waals surface area (Å²) in [6.07, 6.45) is -3.58. The normalized spacial score (nSPS) is 12.5. The van der Waals surface area contributed by atoms with Gasteiger partial charge >= 0.3 is 18.3 Å². The van der Waals surface area contributed by atoms with E-state index in [1.54, 1.807) is 20.8 Å². The number of benzene rings is 1. The van der Waals surface area contributed by atoms with Gasteiger partial charge in [-0.3, -0.25) is 4.79 Å². The van der Waals surface area contributed by atoms with E-state index in [0.717, 1.165) is 21.6 Å². The van der Waals surface area contributed by atoms with E-state index in [2.05, 4.69) is 39.2 Å². The second-order valence-corrected chi connectivity index (χ2v) is 16.9. The Morgan fingerprint density at radius 3 is 1.98 bits per heavy atom. The van der Waals surface area contributed by atoms with Crippen LogP contribution in [0.5, 0.6) is 11.6 Å². The molecule has 4 aromatic rings. The number of ether oxygens (including phenoxy) is 5. The minimum absolute atomic E-state index is 0.0137. The van der Waals surface area contributed by atoms with Gasteiger partial charge in [0, 0.05) is 11.5 Å². The van der Waals surface area contributed by atoms with Crippen LogP contribution in [0, 0.1) is 6.92 Å². The first kappa shape index (κ1) is 46.7. The van der Waals surface area contributed by atoms with Gasteiger partial charge in [-0.05, 0) is 115 Å². The minimum atomic E-state index is -2.81. The zero-order chi connectivity index (χ0) is 45.2. The Kier molecular flexibility index (Phi) is 13.8. The molecule has 0 atom stereocenters. The van der Waals surface area contributed by atoms with E-state index >= 15 is 4.79 Å². The van der Waals surface area contributed by atoms with Crippen LogP contribution in [0.15, 0.2) is 77.8 Å². The molecular formula is C41H44BrF4N5O9. The van der Waals surface area contributed by atoms with Crippen LogP contribution >= 0.6 is 15.9 Å². The zero-order valence-corrected chi connectivity index (χ0v) is 36.1. The van der Waals surface area contributed by atoms with Gasteiger partial charge in [-0.1, -0.05) is 13.2 Å². The van der Waals surface area contributed by atoms with Crippen molar-refractivity contribution in [2.75, 3.05) is 11.5 Å². The van der Waals surface area contributed by atoms with Gasteiger partial charge in [0.1, 0.15) is 34.9 Å². The number of hydrogen-bond acceptors (Lipinski definition) is 11. The Hall–Kier alpha value is -5.98. The van der Waals surface area contributed by atoms with Crippen molar-refractivity contribution in [3.05, 3.63) is 94.6 Å². The molecule has 0 N–H and O–H groups in total. The average Bonchev–Trinajstić information content (AvgIpc) is 3.68. The van der Waals surface area contributed by atoms with E-state index in [0.29, 0.717) is 11.0 Å². The molecule has 0 fully saturated rings. The van der Waals surface area contributed by atoms with Crippen molar-refractivity contribution in [3.8, 4) is 17.3 Å². The van der Waals surface area contributed by atoms with E-state index < -0.39 is 82.7 Å². The maximum atomic E-state index is 15.0. The molecule has 14 nitrogen and oxygen atoms in total. The molecule has 1 aromatic carbocycles. The summed E-state index contributed by atoms with van der Waals surface area (Å²) in [6, 6.07) is 5.21. The molecule has 0 unspecified atom stereocenters. The van der Waals surface area contributed by atoms with Crippen LogP contribution in [-0.4, -0.2) is 73.2 Å². The number of carbonyl (C=O) groups is 4.